The number of rotatable bonds is 4. The number of aryl methyl sites for hydroxylation is 2. The smallest absolute Gasteiger partial charge is 0.139 e. The molecule has 7 rings (SSSR count). The lowest BCUT2D eigenvalue weighted by molar-refractivity contribution is 0.468. The molecule has 7 aromatic rings. The van der Waals surface area contributed by atoms with Crippen molar-refractivity contribution < 1.29 is 13.9 Å². The van der Waals surface area contributed by atoms with Crippen LogP contribution in [0, 0.1) is 5.82 Å². The summed E-state index contributed by atoms with van der Waals surface area (Å²) in [5, 5.41) is 17.1. The van der Waals surface area contributed by atoms with Crippen molar-refractivity contribution in [3.63, 3.8) is 0 Å². The van der Waals surface area contributed by atoms with Gasteiger partial charge in [-0.25, -0.2) is 4.39 Å². The van der Waals surface area contributed by atoms with Gasteiger partial charge < -0.3 is 9.52 Å². The fourth-order valence-electron chi connectivity index (χ4n) is 5.28. The predicted molar refractivity (Wildman–Crippen MR) is 202 cm³/mol. The Morgan fingerprint density at radius 2 is 1.22 bits per heavy atom. The summed E-state index contributed by atoms with van der Waals surface area (Å²) < 4.78 is 22.2. The van der Waals surface area contributed by atoms with Crippen LogP contribution in [0.2, 0.25) is 0 Å². The number of halogens is 2. The maximum Gasteiger partial charge on any atom is 0.139 e. The van der Waals surface area contributed by atoms with Gasteiger partial charge in [-0.3, -0.25) is 4.74 Å². The monoisotopic (exact) mass is 697 g/mol. The zero-order chi connectivity index (χ0) is 32.2. The number of para-hydroxylation sites is 1. The second kappa shape index (κ2) is 18.2. The molecule has 1 heterocycles. The molecule has 0 aliphatic heterocycles. The highest BCUT2D eigenvalue weighted by Gasteiger charge is 2.13. The molecule has 1 N–H and O–H groups in total. The molecule has 1 aromatic heterocycles. The van der Waals surface area contributed by atoms with E-state index in [0.29, 0.717) is 10.2 Å². The summed E-state index contributed by atoms with van der Waals surface area (Å²) in [6.45, 7) is 4.33. The lowest BCUT2D eigenvalue weighted by Gasteiger charge is -2.05. The Morgan fingerprint density at radius 3 is 1.83 bits per heavy atom. The van der Waals surface area contributed by atoms with E-state index in [-0.39, 0.29) is 13.2 Å². The average molecular weight is 699 g/mol. The van der Waals surface area contributed by atoms with E-state index in [4.69, 9.17) is 4.42 Å². The molecule has 238 valence electrons. The first-order valence-corrected chi connectivity index (χ1v) is 16.3. The molecular weight excluding hydrogens is 656 g/mol. The summed E-state index contributed by atoms with van der Waals surface area (Å²) in [4.78, 5) is 0. The molecule has 0 aliphatic carbocycles. The maximum atomic E-state index is 12.3. The van der Waals surface area contributed by atoms with Gasteiger partial charge in [-0.15, -0.1) is 0 Å². The Labute approximate surface area is 282 Å². The van der Waals surface area contributed by atoms with Crippen LogP contribution in [0.5, 0.6) is 5.75 Å². The molecule has 0 unspecified atom stereocenters. The quantitative estimate of drug-likeness (QED) is 0.186. The first-order chi connectivity index (χ1) is 21.9. The summed E-state index contributed by atoms with van der Waals surface area (Å²) in [6, 6.07) is 37.7. The highest BCUT2D eigenvalue weighted by molar-refractivity contribution is 9.10. The second-order valence-corrected chi connectivity index (χ2v) is 11.8. The number of furan rings is 1. The number of aromatic hydroxyl groups is 1. The third kappa shape index (κ3) is 9.02. The van der Waals surface area contributed by atoms with Crippen LogP contribution in [0.1, 0.15) is 45.2 Å². The fourth-order valence-corrected chi connectivity index (χ4v) is 5.57. The molecule has 6 aromatic carbocycles. The average Bonchev–Trinajstić information content (AvgIpc) is 3.45. The van der Waals surface area contributed by atoms with Crippen molar-refractivity contribution in [1.29, 1.82) is 0 Å². The lowest BCUT2D eigenvalue weighted by atomic mass is 9.98. The van der Waals surface area contributed by atoms with Crippen LogP contribution < -0.4 is 0 Å². The first kappa shape index (κ1) is 36.4. The summed E-state index contributed by atoms with van der Waals surface area (Å²) in [5.74, 6) is 0.207. The van der Waals surface area contributed by atoms with Gasteiger partial charge in [-0.05, 0) is 107 Å². The lowest BCUT2D eigenvalue weighted by Crippen LogP contribution is -1.85. The van der Waals surface area contributed by atoms with Gasteiger partial charge in [0.15, 0.2) is 0 Å². The van der Waals surface area contributed by atoms with Gasteiger partial charge in [0, 0.05) is 17.8 Å². The van der Waals surface area contributed by atoms with Crippen LogP contribution >= 0.6 is 25.0 Å². The highest BCUT2D eigenvalue weighted by Crippen LogP contribution is 2.37. The van der Waals surface area contributed by atoms with E-state index in [9.17, 15) is 9.50 Å². The fraction of sp³-hybridized carbons (Fsp3) is 0.200. The Kier molecular flexibility index (Phi) is 14.4. The van der Waals surface area contributed by atoms with Crippen molar-refractivity contribution in [3.05, 3.63) is 137 Å². The Balaban J connectivity index is 0.000000193. The van der Waals surface area contributed by atoms with Crippen molar-refractivity contribution in [2.75, 3.05) is 7.05 Å². The SMILES string of the molecule is C.CCCc1cc2ccccc2c2c1oc1ccccc12.CCCc1cc2ccccc2cc1O.CN=P.Fc1ccccc1Br. The molecule has 0 fully saturated rings. The van der Waals surface area contributed by atoms with Gasteiger partial charge in [0.2, 0.25) is 0 Å². The van der Waals surface area contributed by atoms with Crippen LogP contribution in [0.25, 0.3) is 43.5 Å². The van der Waals surface area contributed by atoms with E-state index >= 15 is 0 Å². The maximum absolute atomic E-state index is 12.3. The third-order valence-corrected chi connectivity index (χ3v) is 7.90. The molecule has 0 radical (unpaired) electrons. The molecule has 0 saturated carbocycles. The van der Waals surface area contributed by atoms with Crippen molar-refractivity contribution in [1.82, 2.24) is 0 Å². The largest absolute Gasteiger partial charge is 0.508 e. The van der Waals surface area contributed by atoms with Crippen molar-refractivity contribution in [2.24, 2.45) is 4.74 Å². The van der Waals surface area contributed by atoms with E-state index in [2.05, 4.69) is 104 Å². The minimum atomic E-state index is -0.215. The highest BCUT2D eigenvalue weighted by atomic mass is 79.9. The van der Waals surface area contributed by atoms with Crippen LogP contribution in [-0.2, 0) is 12.8 Å². The minimum absolute atomic E-state index is 0. The number of fused-ring (bicyclic) bond motifs is 6. The normalized spacial score (nSPS) is 10.2. The van der Waals surface area contributed by atoms with E-state index in [1.165, 1.54) is 38.6 Å². The number of phenols is 1. The van der Waals surface area contributed by atoms with Gasteiger partial charge in [0.1, 0.15) is 22.7 Å². The standard InChI is InChI=1S/C19H16O.C13H14O.C6H4BrF.CH4NP.CH4/c1-2-7-14-12-13-8-3-4-9-15(13)18-16-10-5-6-11-17(16)20-19(14)18;1-2-5-12-8-10-6-3-4-7-11(10)9-13(12)14;7-5-3-1-2-4-6(5)8;1-2-3;/h3-6,8-12H,2,7H2,1H3;3-4,6-9,14H,2,5H2,1H3;1-4H;3H,1H3;1H4. The molecule has 3 nitrogen and oxygen atoms in total. The molecule has 0 spiro atoms. The Bertz CT molecular complexity index is 2000. The topological polar surface area (TPSA) is 45.7 Å². The predicted octanol–water partition coefficient (Wildman–Crippen LogP) is 13.4. The molecule has 0 amide bonds. The van der Waals surface area contributed by atoms with Gasteiger partial charge in [0.25, 0.3) is 0 Å². The van der Waals surface area contributed by atoms with Crippen molar-refractivity contribution >= 4 is 68.4 Å². The van der Waals surface area contributed by atoms with E-state index < -0.39 is 0 Å². The van der Waals surface area contributed by atoms with Gasteiger partial charge in [0.05, 0.1) is 4.47 Å². The Morgan fingerprint density at radius 1 is 0.717 bits per heavy atom. The Hall–Kier alpha value is -4.05. The van der Waals surface area contributed by atoms with Gasteiger partial charge in [-0.2, -0.15) is 0 Å². The van der Waals surface area contributed by atoms with Crippen LogP contribution in [-0.4, -0.2) is 12.2 Å². The van der Waals surface area contributed by atoms with Gasteiger partial charge >= 0.3 is 0 Å². The van der Waals surface area contributed by atoms with Crippen molar-refractivity contribution in [3.8, 4) is 5.75 Å². The molecule has 0 bridgehead atoms. The van der Waals surface area contributed by atoms with E-state index in [0.717, 1.165) is 47.8 Å². The van der Waals surface area contributed by atoms with Crippen LogP contribution in [0.15, 0.2) is 129 Å². The van der Waals surface area contributed by atoms with E-state index in [1.807, 2.05) is 30.3 Å². The summed E-state index contributed by atoms with van der Waals surface area (Å²) in [5.41, 5.74) is 4.41. The summed E-state index contributed by atoms with van der Waals surface area (Å²) >= 11 is 3.02. The van der Waals surface area contributed by atoms with Crippen LogP contribution in [0.3, 0.4) is 0 Å². The van der Waals surface area contributed by atoms with Crippen molar-refractivity contribution in [2.45, 2.75) is 47.0 Å². The van der Waals surface area contributed by atoms with E-state index in [1.54, 1.807) is 25.2 Å². The number of benzene rings is 6. The van der Waals surface area contributed by atoms with Gasteiger partial charge in [-0.1, -0.05) is 113 Å². The second-order valence-electron chi connectivity index (χ2n) is 10.5. The number of phenolic OH excluding ortho intramolecular Hbond substituents is 1. The molecule has 46 heavy (non-hydrogen) atoms. The molecule has 0 saturated heterocycles. The molecule has 6 heteroatoms. The summed E-state index contributed by atoms with van der Waals surface area (Å²) in [7, 11) is 4.47. The molecule has 0 aliphatic rings. The molecule has 0 atom stereocenters. The third-order valence-electron chi connectivity index (χ3n) is 7.26. The molecular formula is C40H42BrFNO2P. The number of hydrogen-bond donors (Lipinski definition) is 1. The zero-order valence-corrected chi connectivity index (χ0v) is 28.4. The van der Waals surface area contributed by atoms with Crippen LogP contribution in [0.4, 0.5) is 4.39 Å². The summed E-state index contributed by atoms with van der Waals surface area (Å²) in [6.07, 6.45) is 4.19. The number of hydrogen-bond acceptors (Lipinski definition) is 3. The zero-order valence-electron chi connectivity index (χ0n) is 25.9. The first-order valence-electron chi connectivity index (χ1n) is 15.1. The minimum Gasteiger partial charge on any atom is -0.508 e. The number of nitrogens with zero attached hydrogens (tertiary/aromatic N) is 1.